The van der Waals surface area contributed by atoms with Gasteiger partial charge in [-0.1, -0.05) is 29.8 Å². The van der Waals surface area contributed by atoms with Crippen LogP contribution in [-0.4, -0.2) is 36.2 Å². The summed E-state index contributed by atoms with van der Waals surface area (Å²) >= 11 is 1.36. The fraction of sp³-hybridized carbons (Fsp3) is 0.381. The lowest BCUT2D eigenvalue weighted by Crippen LogP contribution is -2.38. The third kappa shape index (κ3) is 5.03. The number of anilines is 1. The summed E-state index contributed by atoms with van der Waals surface area (Å²) in [6, 6.07) is 11.6. The number of likely N-dealkylation sites (tertiary alicyclic amines) is 1. The number of hydrogen-bond acceptors (Lipinski definition) is 5. The highest BCUT2D eigenvalue weighted by Gasteiger charge is 2.25. The largest absolute Gasteiger partial charge is 0.317 e. The molecular formula is C21H23N3O2S. The molecule has 1 aromatic heterocycles. The van der Waals surface area contributed by atoms with E-state index in [1.54, 1.807) is 11.4 Å². The summed E-state index contributed by atoms with van der Waals surface area (Å²) in [6.07, 6.45) is 2.05. The molecule has 6 heteroatoms. The van der Waals surface area contributed by atoms with Crippen LogP contribution in [0.4, 0.5) is 5.00 Å². The maximum atomic E-state index is 12.6. The first kappa shape index (κ1) is 19.3. The Kier molecular flexibility index (Phi) is 6.38. The number of carbonyl (C=O) groups is 2. The van der Waals surface area contributed by atoms with Gasteiger partial charge in [-0.25, -0.2) is 0 Å². The maximum absolute atomic E-state index is 12.6. The molecule has 3 rings (SSSR count). The molecule has 27 heavy (non-hydrogen) atoms. The lowest BCUT2D eigenvalue weighted by atomic mass is 9.88. The molecule has 1 fully saturated rings. The summed E-state index contributed by atoms with van der Waals surface area (Å²) in [5.74, 6) is 0.225. The number of thiophene rings is 1. The second kappa shape index (κ2) is 8.94. The average molecular weight is 382 g/mol. The van der Waals surface area contributed by atoms with Gasteiger partial charge >= 0.3 is 0 Å². The minimum Gasteiger partial charge on any atom is -0.317 e. The Labute approximate surface area is 163 Å². The van der Waals surface area contributed by atoms with Crippen LogP contribution >= 0.6 is 11.3 Å². The molecule has 1 amide bonds. The van der Waals surface area contributed by atoms with Gasteiger partial charge in [0.25, 0.3) is 0 Å². The standard InChI is InChI=1S/C21H23N3O2S/c1-15-2-4-16(5-3-15)20(26)17-6-10-24(11-7-17)12-8-19(25)23-21-18(14-22)9-13-27-21/h2-5,9,13,17H,6-8,10-12H2,1H3,(H,23,25). The molecule has 2 heterocycles. The molecule has 140 valence electrons. The van der Waals surface area contributed by atoms with Crippen LogP contribution in [0.2, 0.25) is 0 Å². The quantitative estimate of drug-likeness (QED) is 0.772. The first-order chi connectivity index (χ1) is 13.1. The van der Waals surface area contributed by atoms with Crippen molar-refractivity contribution >= 4 is 28.0 Å². The van der Waals surface area contributed by atoms with E-state index in [9.17, 15) is 9.59 Å². The van der Waals surface area contributed by atoms with E-state index < -0.39 is 0 Å². The van der Waals surface area contributed by atoms with Crippen molar-refractivity contribution in [3.63, 3.8) is 0 Å². The normalized spacial score (nSPS) is 15.3. The van der Waals surface area contributed by atoms with Crippen molar-refractivity contribution in [2.24, 2.45) is 5.92 Å². The van der Waals surface area contributed by atoms with E-state index in [4.69, 9.17) is 5.26 Å². The highest BCUT2D eigenvalue weighted by Crippen LogP contribution is 2.24. The fourth-order valence-corrected chi connectivity index (χ4v) is 4.07. The Morgan fingerprint density at radius 1 is 1.22 bits per heavy atom. The highest BCUT2D eigenvalue weighted by atomic mass is 32.1. The summed E-state index contributed by atoms with van der Waals surface area (Å²) in [5.41, 5.74) is 2.45. The van der Waals surface area contributed by atoms with Crippen molar-refractivity contribution in [2.45, 2.75) is 26.2 Å². The zero-order valence-electron chi connectivity index (χ0n) is 15.4. The summed E-state index contributed by atoms with van der Waals surface area (Å²) in [6.45, 7) is 4.35. The molecule has 1 aromatic carbocycles. The van der Waals surface area contributed by atoms with Crippen molar-refractivity contribution in [3.05, 3.63) is 52.4 Å². The SMILES string of the molecule is Cc1ccc(C(=O)C2CCN(CCC(=O)Nc3sccc3C#N)CC2)cc1. The van der Waals surface area contributed by atoms with Crippen LogP contribution in [0, 0.1) is 24.2 Å². The number of rotatable bonds is 6. The van der Waals surface area contributed by atoms with Crippen molar-refractivity contribution in [1.82, 2.24) is 4.90 Å². The van der Waals surface area contributed by atoms with Gasteiger partial charge in [-0.2, -0.15) is 5.26 Å². The molecule has 1 N–H and O–H groups in total. The Balaban J connectivity index is 1.43. The number of piperidine rings is 1. The number of nitrogens with zero attached hydrogens (tertiary/aromatic N) is 2. The van der Waals surface area contributed by atoms with Gasteiger partial charge in [0, 0.05) is 24.4 Å². The van der Waals surface area contributed by atoms with Gasteiger partial charge < -0.3 is 10.2 Å². The van der Waals surface area contributed by atoms with E-state index in [1.807, 2.05) is 31.2 Å². The van der Waals surface area contributed by atoms with Gasteiger partial charge in [-0.15, -0.1) is 11.3 Å². The maximum Gasteiger partial charge on any atom is 0.226 e. The minimum atomic E-state index is -0.0770. The Morgan fingerprint density at radius 2 is 1.93 bits per heavy atom. The molecule has 5 nitrogen and oxygen atoms in total. The Morgan fingerprint density at radius 3 is 2.59 bits per heavy atom. The molecule has 0 radical (unpaired) electrons. The van der Waals surface area contributed by atoms with Crippen molar-refractivity contribution in [2.75, 3.05) is 25.0 Å². The molecule has 0 bridgehead atoms. The van der Waals surface area contributed by atoms with Gasteiger partial charge in [0.05, 0.1) is 5.56 Å². The molecule has 0 saturated carbocycles. The number of carbonyl (C=O) groups excluding carboxylic acids is 2. The topological polar surface area (TPSA) is 73.2 Å². The van der Waals surface area contributed by atoms with Crippen molar-refractivity contribution < 1.29 is 9.59 Å². The van der Waals surface area contributed by atoms with Crippen LogP contribution in [-0.2, 0) is 4.79 Å². The third-order valence-corrected chi connectivity index (χ3v) is 5.82. The zero-order valence-corrected chi connectivity index (χ0v) is 16.2. The molecule has 0 atom stereocenters. The first-order valence-corrected chi connectivity index (χ1v) is 10.1. The van der Waals surface area contributed by atoms with E-state index in [1.165, 1.54) is 11.3 Å². The second-order valence-electron chi connectivity index (χ2n) is 6.92. The number of ketones is 1. The van der Waals surface area contributed by atoms with Crippen LogP contribution in [0.5, 0.6) is 0 Å². The number of nitriles is 1. The number of hydrogen-bond donors (Lipinski definition) is 1. The van der Waals surface area contributed by atoms with Gasteiger partial charge in [0.1, 0.15) is 11.1 Å². The number of aryl methyl sites for hydroxylation is 1. The predicted octanol–water partition coefficient (Wildman–Crippen LogP) is 3.85. The Bertz CT molecular complexity index is 843. The molecule has 1 saturated heterocycles. The third-order valence-electron chi connectivity index (χ3n) is 4.99. The van der Waals surface area contributed by atoms with Crippen LogP contribution in [0.25, 0.3) is 0 Å². The van der Waals surface area contributed by atoms with E-state index in [0.717, 1.165) is 37.1 Å². The van der Waals surface area contributed by atoms with E-state index in [0.29, 0.717) is 23.5 Å². The lowest BCUT2D eigenvalue weighted by molar-refractivity contribution is -0.116. The molecule has 0 spiro atoms. The van der Waals surface area contributed by atoms with E-state index in [2.05, 4.69) is 16.3 Å². The van der Waals surface area contributed by atoms with Gasteiger partial charge in [-0.05, 0) is 44.3 Å². The molecular weight excluding hydrogens is 358 g/mol. The van der Waals surface area contributed by atoms with Crippen molar-refractivity contribution in [3.8, 4) is 6.07 Å². The molecule has 2 aromatic rings. The minimum absolute atomic E-state index is 0.0714. The molecule has 0 aliphatic carbocycles. The number of benzene rings is 1. The van der Waals surface area contributed by atoms with Gasteiger partial charge in [0.2, 0.25) is 5.91 Å². The van der Waals surface area contributed by atoms with E-state index >= 15 is 0 Å². The van der Waals surface area contributed by atoms with Gasteiger partial charge in [-0.3, -0.25) is 9.59 Å². The predicted molar refractivity (Wildman–Crippen MR) is 107 cm³/mol. The summed E-state index contributed by atoms with van der Waals surface area (Å²) in [7, 11) is 0. The summed E-state index contributed by atoms with van der Waals surface area (Å²) in [5, 5.41) is 14.2. The smallest absolute Gasteiger partial charge is 0.226 e. The monoisotopic (exact) mass is 381 g/mol. The highest BCUT2D eigenvalue weighted by molar-refractivity contribution is 7.14. The fourth-order valence-electron chi connectivity index (χ4n) is 3.32. The van der Waals surface area contributed by atoms with Crippen LogP contribution < -0.4 is 5.32 Å². The molecule has 1 aliphatic rings. The average Bonchev–Trinajstić information content (AvgIpc) is 3.14. The summed E-state index contributed by atoms with van der Waals surface area (Å²) < 4.78 is 0. The van der Waals surface area contributed by atoms with Crippen LogP contribution in [0.15, 0.2) is 35.7 Å². The summed E-state index contributed by atoms with van der Waals surface area (Å²) in [4.78, 5) is 27.0. The van der Waals surface area contributed by atoms with Crippen molar-refractivity contribution in [1.29, 1.82) is 5.26 Å². The Hall–Kier alpha value is -2.49. The number of nitrogens with one attached hydrogen (secondary N) is 1. The number of amides is 1. The van der Waals surface area contributed by atoms with E-state index in [-0.39, 0.29) is 17.6 Å². The zero-order chi connectivity index (χ0) is 19.2. The first-order valence-electron chi connectivity index (χ1n) is 9.17. The lowest BCUT2D eigenvalue weighted by Gasteiger charge is -2.31. The van der Waals surface area contributed by atoms with Gasteiger partial charge in [0.15, 0.2) is 5.78 Å². The molecule has 0 unspecified atom stereocenters. The second-order valence-corrected chi connectivity index (χ2v) is 7.84. The van der Waals surface area contributed by atoms with Crippen LogP contribution in [0.1, 0.15) is 40.7 Å². The van der Waals surface area contributed by atoms with Crippen LogP contribution in [0.3, 0.4) is 0 Å². The molecule has 1 aliphatic heterocycles. The number of Topliss-reactive ketones (excluding diaryl/α,β-unsaturated/α-hetero) is 1.